The predicted octanol–water partition coefficient (Wildman–Crippen LogP) is 1.27. The number of carbonyl (C=O) groups is 1. The van der Waals surface area contributed by atoms with Gasteiger partial charge in [-0.25, -0.2) is 13.6 Å². The Morgan fingerprint density at radius 3 is 2.18 bits per heavy atom. The summed E-state index contributed by atoms with van der Waals surface area (Å²) in [7, 11) is -2.14. The number of carbonyl (C=O) groups excluding carboxylic acids is 1. The molecule has 0 saturated heterocycles. The number of amides is 1. The van der Waals surface area contributed by atoms with E-state index in [4.69, 9.17) is 9.88 Å². The molecule has 2 aromatic rings. The maximum Gasteiger partial charge on any atom is 0.251 e. The molecule has 0 radical (unpaired) electrons. The number of ether oxygens (including phenoxy) is 1. The van der Waals surface area contributed by atoms with Gasteiger partial charge in [0.1, 0.15) is 5.75 Å². The topological polar surface area (TPSA) is 98.5 Å². The number of nitrogens with two attached hydrogens (primary N) is 1. The van der Waals surface area contributed by atoms with Crippen LogP contribution in [-0.2, 0) is 16.6 Å². The lowest BCUT2D eigenvalue weighted by atomic mass is 10.2. The quantitative estimate of drug-likeness (QED) is 0.866. The van der Waals surface area contributed by atoms with Crippen LogP contribution in [0.5, 0.6) is 5.75 Å². The van der Waals surface area contributed by atoms with Gasteiger partial charge in [0.25, 0.3) is 5.91 Å². The van der Waals surface area contributed by atoms with E-state index in [1.165, 1.54) is 12.1 Å². The van der Waals surface area contributed by atoms with Crippen LogP contribution in [0.25, 0.3) is 0 Å². The van der Waals surface area contributed by atoms with E-state index in [0.717, 1.165) is 5.56 Å². The SMILES string of the molecule is COc1ccc(C(=O)NCc2ccc(S(N)(=O)=O)cc2)cc1. The Morgan fingerprint density at radius 2 is 1.68 bits per heavy atom. The third-order valence-corrected chi connectivity index (χ3v) is 3.99. The van der Waals surface area contributed by atoms with Gasteiger partial charge in [0, 0.05) is 12.1 Å². The van der Waals surface area contributed by atoms with E-state index in [9.17, 15) is 13.2 Å². The van der Waals surface area contributed by atoms with Crippen molar-refractivity contribution in [2.45, 2.75) is 11.4 Å². The summed E-state index contributed by atoms with van der Waals surface area (Å²) in [4.78, 5) is 12.0. The van der Waals surface area contributed by atoms with E-state index in [0.29, 0.717) is 11.3 Å². The fourth-order valence-corrected chi connectivity index (χ4v) is 2.34. The third kappa shape index (κ3) is 4.06. The van der Waals surface area contributed by atoms with Gasteiger partial charge in [-0.15, -0.1) is 0 Å². The van der Waals surface area contributed by atoms with Crippen molar-refractivity contribution in [2.75, 3.05) is 7.11 Å². The van der Waals surface area contributed by atoms with Gasteiger partial charge in [0.15, 0.2) is 0 Å². The molecule has 0 unspecified atom stereocenters. The highest BCUT2D eigenvalue weighted by Gasteiger charge is 2.08. The maximum atomic E-state index is 12.0. The minimum Gasteiger partial charge on any atom is -0.497 e. The van der Waals surface area contributed by atoms with Gasteiger partial charge in [-0.2, -0.15) is 0 Å². The standard InChI is InChI=1S/C15H16N2O4S/c1-21-13-6-4-12(5-7-13)15(18)17-10-11-2-8-14(9-3-11)22(16,19)20/h2-9H,10H2,1H3,(H,17,18)(H2,16,19,20). The number of primary sulfonamides is 1. The minimum atomic E-state index is -3.70. The number of benzene rings is 2. The van der Waals surface area contributed by atoms with Crippen molar-refractivity contribution in [2.24, 2.45) is 5.14 Å². The van der Waals surface area contributed by atoms with Crippen molar-refractivity contribution in [1.82, 2.24) is 5.32 Å². The molecule has 22 heavy (non-hydrogen) atoms. The smallest absolute Gasteiger partial charge is 0.251 e. The molecule has 0 aliphatic heterocycles. The van der Waals surface area contributed by atoms with Crippen LogP contribution in [0.4, 0.5) is 0 Å². The van der Waals surface area contributed by atoms with Crippen molar-refractivity contribution in [3.63, 3.8) is 0 Å². The van der Waals surface area contributed by atoms with E-state index >= 15 is 0 Å². The van der Waals surface area contributed by atoms with Crippen LogP contribution in [0, 0.1) is 0 Å². The largest absolute Gasteiger partial charge is 0.497 e. The average molecular weight is 320 g/mol. The predicted molar refractivity (Wildman–Crippen MR) is 82.0 cm³/mol. The van der Waals surface area contributed by atoms with Gasteiger partial charge in [0.05, 0.1) is 12.0 Å². The first kappa shape index (κ1) is 16.0. The normalized spacial score (nSPS) is 11.0. The Bertz CT molecular complexity index is 753. The molecule has 7 heteroatoms. The van der Waals surface area contributed by atoms with Crippen LogP contribution in [0.15, 0.2) is 53.4 Å². The van der Waals surface area contributed by atoms with Crippen molar-refractivity contribution >= 4 is 15.9 Å². The van der Waals surface area contributed by atoms with Gasteiger partial charge < -0.3 is 10.1 Å². The van der Waals surface area contributed by atoms with E-state index < -0.39 is 10.0 Å². The molecule has 0 spiro atoms. The second kappa shape index (κ2) is 6.59. The lowest BCUT2D eigenvalue weighted by Gasteiger charge is -2.07. The molecule has 0 atom stereocenters. The Labute approximate surface area is 129 Å². The fraction of sp³-hybridized carbons (Fsp3) is 0.133. The molecule has 0 aliphatic rings. The van der Waals surface area contributed by atoms with Gasteiger partial charge in [-0.1, -0.05) is 12.1 Å². The van der Waals surface area contributed by atoms with Crippen molar-refractivity contribution < 1.29 is 17.9 Å². The number of sulfonamides is 1. The zero-order valence-electron chi connectivity index (χ0n) is 11.9. The minimum absolute atomic E-state index is 0.0396. The summed E-state index contributed by atoms with van der Waals surface area (Å²) in [5, 5.41) is 7.77. The number of hydrogen-bond donors (Lipinski definition) is 2. The van der Waals surface area contributed by atoms with Gasteiger partial charge in [-0.3, -0.25) is 4.79 Å². The summed E-state index contributed by atoms with van der Waals surface area (Å²) in [6.45, 7) is 0.287. The average Bonchev–Trinajstić information content (AvgIpc) is 2.52. The van der Waals surface area contributed by atoms with E-state index in [1.54, 1.807) is 43.5 Å². The molecule has 0 fully saturated rings. The van der Waals surface area contributed by atoms with Crippen LogP contribution in [-0.4, -0.2) is 21.4 Å². The highest BCUT2D eigenvalue weighted by molar-refractivity contribution is 7.89. The van der Waals surface area contributed by atoms with E-state index in [1.807, 2.05) is 0 Å². The summed E-state index contributed by atoms with van der Waals surface area (Å²) in [6.07, 6.45) is 0. The van der Waals surface area contributed by atoms with Crippen LogP contribution in [0.3, 0.4) is 0 Å². The van der Waals surface area contributed by atoms with Crippen molar-refractivity contribution in [3.8, 4) is 5.75 Å². The van der Waals surface area contributed by atoms with Crippen molar-refractivity contribution in [1.29, 1.82) is 0 Å². The first-order valence-electron chi connectivity index (χ1n) is 6.44. The highest BCUT2D eigenvalue weighted by atomic mass is 32.2. The molecule has 3 N–H and O–H groups in total. The van der Waals surface area contributed by atoms with E-state index in [2.05, 4.69) is 5.32 Å². The summed E-state index contributed by atoms with van der Waals surface area (Å²) in [5.41, 5.74) is 1.29. The molecular weight excluding hydrogens is 304 g/mol. The highest BCUT2D eigenvalue weighted by Crippen LogP contribution is 2.12. The van der Waals surface area contributed by atoms with Gasteiger partial charge in [-0.05, 0) is 42.0 Å². The first-order valence-corrected chi connectivity index (χ1v) is 7.99. The summed E-state index contributed by atoms with van der Waals surface area (Å²) in [5.74, 6) is 0.452. The molecule has 0 aliphatic carbocycles. The zero-order valence-corrected chi connectivity index (χ0v) is 12.8. The Kier molecular flexibility index (Phi) is 4.79. The van der Waals surface area contributed by atoms with Crippen LogP contribution >= 0.6 is 0 Å². The van der Waals surface area contributed by atoms with E-state index in [-0.39, 0.29) is 17.3 Å². The zero-order chi connectivity index (χ0) is 16.2. The molecule has 0 heterocycles. The van der Waals surface area contributed by atoms with Crippen LogP contribution < -0.4 is 15.2 Å². The Morgan fingerprint density at radius 1 is 1.09 bits per heavy atom. The Hall–Kier alpha value is -2.38. The van der Waals surface area contributed by atoms with Crippen LogP contribution in [0.1, 0.15) is 15.9 Å². The van der Waals surface area contributed by atoms with Crippen LogP contribution in [0.2, 0.25) is 0 Å². The molecule has 0 saturated carbocycles. The lowest BCUT2D eigenvalue weighted by molar-refractivity contribution is 0.0951. The van der Waals surface area contributed by atoms with Gasteiger partial charge in [0.2, 0.25) is 10.0 Å². The lowest BCUT2D eigenvalue weighted by Crippen LogP contribution is -2.22. The molecule has 0 bridgehead atoms. The Balaban J connectivity index is 1.98. The molecule has 6 nitrogen and oxygen atoms in total. The monoisotopic (exact) mass is 320 g/mol. The summed E-state index contributed by atoms with van der Waals surface area (Å²) < 4.78 is 27.3. The van der Waals surface area contributed by atoms with Crippen molar-refractivity contribution in [3.05, 3.63) is 59.7 Å². The number of hydrogen-bond acceptors (Lipinski definition) is 4. The second-order valence-corrected chi connectivity index (χ2v) is 6.16. The number of methoxy groups -OCH3 is 1. The number of nitrogens with one attached hydrogen (secondary N) is 1. The summed E-state index contributed by atoms with van der Waals surface area (Å²) >= 11 is 0. The molecular formula is C15H16N2O4S. The second-order valence-electron chi connectivity index (χ2n) is 4.60. The summed E-state index contributed by atoms with van der Waals surface area (Å²) in [6, 6.07) is 12.8. The first-order chi connectivity index (χ1) is 10.4. The molecule has 2 aromatic carbocycles. The molecule has 1 amide bonds. The molecule has 116 valence electrons. The maximum absolute atomic E-state index is 12.0. The fourth-order valence-electron chi connectivity index (χ4n) is 1.82. The number of rotatable bonds is 5. The van der Waals surface area contributed by atoms with Gasteiger partial charge >= 0.3 is 0 Å². The molecule has 2 rings (SSSR count). The molecule has 0 aromatic heterocycles. The third-order valence-electron chi connectivity index (χ3n) is 3.06.